The number of fused-ring (bicyclic) bond motifs is 3. The van der Waals surface area contributed by atoms with Crippen molar-refractivity contribution in [3.8, 4) is 0 Å². The van der Waals surface area contributed by atoms with E-state index in [-0.39, 0.29) is 11.2 Å². The molecule has 25 heavy (non-hydrogen) atoms. The first-order valence-corrected chi connectivity index (χ1v) is 10.1. The number of allylic oxidation sites excluding steroid dienone is 1. The Morgan fingerprint density at radius 1 is 1.16 bits per heavy atom. The summed E-state index contributed by atoms with van der Waals surface area (Å²) in [5.74, 6) is -0.196. The van der Waals surface area contributed by atoms with Crippen molar-refractivity contribution in [3.05, 3.63) is 54.6 Å². The Kier molecular flexibility index (Phi) is 4.56. The predicted molar refractivity (Wildman–Crippen MR) is 103 cm³/mol. The van der Waals surface area contributed by atoms with Crippen molar-refractivity contribution < 1.29 is 17.5 Å². The summed E-state index contributed by atoms with van der Waals surface area (Å²) in [6.45, 7) is 9.11. The lowest BCUT2D eigenvalue weighted by atomic mass is 9.79. The molecule has 1 aliphatic rings. The summed E-state index contributed by atoms with van der Waals surface area (Å²) in [6.07, 6.45) is 3.01. The molecule has 0 atom stereocenters. The summed E-state index contributed by atoms with van der Waals surface area (Å²) in [6, 6.07) is 12.6. The molecule has 1 aliphatic heterocycles. The highest BCUT2D eigenvalue weighted by Gasteiger charge is 2.44. The molecule has 0 saturated heterocycles. The Balaban J connectivity index is 2.00. The fourth-order valence-corrected chi connectivity index (χ4v) is 4.47. The standard InChI is InChI=1S/C20H23NO3S/c1-4-18-20(2,3)19-16-10-6-5-9-15(16)11-12-17(19)21(18)13-7-8-14-25(22,23)24/h4-6,9-12H,1,7-8,13-14H2,2-3H3/p+1. The van der Waals surface area contributed by atoms with E-state index in [4.69, 9.17) is 4.55 Å². The van der Waals surface area contributed by atoms with Crippen LogP contribution < -0.4 is 0 Å². The molecule has 0 radical (unpaired) electrons. The van der Waals surface area contributed by atoms with Crippen LogP contribution in [0, 0.1) is 0 Å². The molecule has 0 saturated carbocycles. The van der Waals surface area contributed by atoms with Crippen molar-refractivity contribution in [1.82, 2.24) is 0 Å². The molecule has 2 aromatic carbocycles. The molecule has 1 heterocycles. The molecule has 132 valence electrons. The van der Waals surface area contributed by atoms with Gasteiger partial charge in [0.15, 0.2) is 5.71 Å². The van der Waals surface area contributed by atoms with E-state index in [0.717, 1.165) is 11.4 Å². The fraction of sp³-hybridized carbons (Fsp3) is 0.350. The molecule has 0 aliphatic carbocycles. The van der Waals surface area contributed by atoms with E-state index >= 15 is 0 Å². The highest BCUT2D eigenvalue weighted by Crippen LogP contribution is 2.44. The molecule has 3 rings (SSSR count). The summed E-state index contributed by atoms with van der Waals surface area (Å²) < 4.78 is 33.0. The third-order valence-corrected chi connectivity index (χ3v) is 5.79. The maximum absolute atomic E-state index is 10.9. The number of benzene rings is 2. The highest BCUT2D eigenvalue weighted by molar-refractivity contribution is 7.85. The van der Waals surface area contributed by atoms with E-state index in [0.29, 0.717) is 19.4 Å². The Bertz CT molecular complexity index is 972. The van der Waals surface area contributed by atoms with Gasteiger partial charge in [-0.1, -0.05) is 30.8 Å². The normalized spacial score (nSPS) is 16.3. The summed E-state index contributed by atoms with van der Waals surface area (Å²) in [5, 5.41) is 2.45. The van der Waals surface area contributed by atoms with E-state index in [1.807, 2.05) is 12.1 Å². The minimum absolute atomic E-state index is 0.166. The highest BCUT2D eigenvalue weighted by atomic mass is 32.2. The number of hydrogen-bond acceptors (Lipinski definition) is 2. The fourth-order valence-electron chi connectivity index (χ4n) is 3.90. The summed E-state index contributed by atoms with van der Waals surface area (Å²) >= 11 is 0. The smallest absolute Gasteiger partial charge is 0.264 e. The molecule has 0 bridgehead atoms. The zero-order valence-corrected chi connectivity index (χ0v) is 15.5. The topological polar surface area (TPSA) is 57.4 Å². The third kappa shape index (κ3) is 3.26. The van der Waals surface area contributed by atoms with E-state index in [9.17, 15) is 8.42 Å². The Hall–Kier alpha value is -1.98. The van der Waals surface area contributed by atoms with Gasteiger partial charge in [-0.15, -0.1) is 0 Å². The predicted octanol–water partition coefficient (Wildman–Crippen LogP) is 4.07. The van der Waals surface area contributed by atoms with Gasteiger partial charge in [-0.2, -0.15) is 13.0 Å². The second-order valence-electron chi connectivity index (χ2n) is 7.04. The Labute approximate surface area is 149 Å². The Morgan fingerprint density at radius 2 is 1.88 bits per heavy atom. The van der Waals surface area contributed by atoms with Crippen LogP contribution in [0.3, 0.4) is 0 Å². The van der Waals surface area contributed by atoms with Gasteiger partial charge in [0, 0.05) is 18.1 Å². The average Bonchev–Trinajstić information content (AvgIpc) is 2.77. The van der Waals surface area contributed by atoms with Crippen LogP contribution >= 0.6 is 0 Å². The van der Waals surface area contributed by atoms with Gasteiger partial charge in [0.2, 0.25) is 5.69 Å². The van der Waals surface area contributed by atoms with Crippen molar-refractivity contribution in [2.24, 2.45) is 0 Å². The van der Waals surface area contributed by atoms with Crippen LogP contribution in [0.5, 0.6) is 0 Å². The molecule has 1 N–H and O–H groups in total. The Morgan fingerprint density at radius 3 is 2.56 bits per heavy atom. The molecule has 0 aromatic heterocycles. The van der Waals surface area contributed by atoms with Gasteiger partial charge in [0.25, 0.3) is 10.1 Å². The summed E-state index contributed by atoms with van der Waals surface area (Å²) in [5.41, 5.74) is 3.41. The first kappa shape index (κ1) is 17.8. The quantitative estimate of drug-likeness (QED) is 0.481. The van der Waals surface area contributed by atoms with Crippen molar-refractivity contribution in [1.29, 1.82) is 0 Å². The lowest BCUT2D eigenvalue weighted by molar-refractivity contribution is -0.438. The molecule has 0 amide bonds. The van der Waals surface area contributed by atoms with E-state index < -0.39 is 10.1 Å². The van der Waals surface area contributed by atoms with Gasteiger partial charge in [-0.25, -0.2) is 0 Å². The van der Waals surface area contributed by atoms with Crippen LogP contribution in [0.15, 0.2) is 49.1 Å². The number of nitrogens with zero attached hydrogens (tertiary/aromatic N) is 1. The summed E-state index contributed by atoms with van der Waals surface area (Å²) in [4.78, 5) is 0. The first-order valence-electron chi connectivity index (χ1n) is 8.50. The maximum Gasteiger partial charge on any atom is 0.264 e. The molecule has 2 aromatic rings. The minimum Gasteiger partial charge on any atom is -0.286 e. The lowest BCUT2D eigenvalue weighted by Crippen LogP contribution is -2.28. The second kappa shape index (κ2) is 6.39. The van der Waals surface area contributed by atoms with E-state index in [1.165, 1.54) is 16.3 Å². The minimum atomic E-state index is -3.90. The molecule has 0 unspecified atom stereocenters. The van der Waals surface area contributed by atoms with Crippen LogP contribution in [-0.2, 0) is 15.5 Å². The van der Waals surface area contributed by atoms with E-state index in [2.05, 4.69) is 55.3 Å². The van der Waals surface area contributed by atoms with Gasteiger partial charge < -0.3 is 0 Å². The zero-order valence-electron chi connectivity index (χ0n) is 14.7. The lowest BCUT2D eigenvalue weighted by Gasteiger charge is -2.17. The van der Waals surface area contributed by atoms with Crippen LogP contribution in [0.4, 0.5) is 5.69 Å². The molecule has 5 heteroatoms. The monoisotopic (exact) mass is 358 g/mol. The van der Waals surface area contributed by atoms with Crippen molar-refractivity contribution in [2.75, 3.05) is 12.3 Å². The molecule has 0 fully saturated rings. The van der Waals surface area contributed by atoms with Crippen LogP contribution in [0.25, 0.3) is 10.8 Å². The molecular weight excluding hydrogens is 334 g/mol. The van der Waals surface area contributed by atoms with Crippen molar-refractivity contribution >= 4 is 32.3 Å². The first-order chi connectivity index (χ1) is 11.8. The zero-order chi connectivity index (χ0) is 18.2. The van der Waals surface area contributed by atoms with Crippen LogP contribution in [0.2, 0.25) is 0 Å². The summed E-state index contributed by atoms with van der Waals surface area (Å²) in [7, 11) is -3.90. The van der Waals surface area contributed by atoms with E-state index in [1.54, 1.807) is 0 Å². The average molecular weight is 358 g/mol. The van der Waals surface area contributed by atoms with Crippen LogP contribution in [0.1, 0.15) is 32.3 Å². The number of rotatable bonds is 6. The van der Waals surface area contributed by atoms with Gasteiger partial charge in [0.1, 0.15) is 6.54 Å². The number of unbranched alkanes of at least 4 members (excludes halogenated alkanes) is 1. The largest absolute Gasteiger partial charge is 0.286 e. The molecular formula is C20H24NO3S+. The molecule has 0 spiro atoms. The van der Waals surface area contributed by atoms with Crippen molar-refractivity contribution in [3.63, 3.8) is 0 Å². The maximum atomic E-state index is 10.9. The third-order valence-electron chi connectivity index (χ3n) is 4.98. The second-order valence-corrected chi connectivity index (χ2v) is 8.61. The number of hydrogen-bond donors (Lipinski definition) is 1. The van der Waals surface area contributed by atoms with Crippen LogP contribution in [-0.4, -0.2) is 35.6 Å². The van der Waals surface area contributed by atoms with Gasteiger partial charge in [0.05, 0.1) is 11.2 Å². The van der Waals surface area contributed by atoms with Gasteiger partial charge >= 0.3 is 0 Å². The van der Waals surface area contributed by atoms with Gasteiger partial charge in [-0.3, -0.25) is 4.55 Å². The van der Waals surface area contributed by atoms with Crippen molar-refractivity contribution in [2.45, 2.75) is 32.1 Å². The molecule has 4 nitrogen and oxygen atoms in total. The van der Waals surface area contributed by atoms with Gasteiger partial charge in [-0.05, 0) is 43.2 Å². The SMILES string of the molecule is C=CC1=[N+](CCCCS(=O)(=O)O)c2ccc3ccccc3c2C1(C)C.